The van der Waals surface area contributed by atoms with Crippen molar-refractivity contribution in [2.24, 2.45) is 0 Å². The number of carbonyl (C=O) groups is 1. The highest BCUT2D eigenvalue weighted by Gasteiger charge is 2.07. The van der Waals surface area contributed by atoms with E-state index < -0.39 is 5.97 Å². The third kappa shape index (κ3) is 3.78. The van der Waals surface area contributed by atoms with Crippen LogP contribution in [0, 0.1) is 5.82 Å². The normalized spacial score (nSPS) is 10.4. The summed E-state index contributed by atoms with van der Waals surface area (Å²) in [6, 6.07) is 7.72. The van der Waals surface area contributed by atoms with Gasteiger partial charge in [-0.25, -0.2) is 14.2 Å². The smallest absolute Gasteiger partial charge is 0.354 e. The highest BCUT2D eigenvalue weighted by molar-refractivity contribution is 9.10. The maximum absolute atomic E-state index is 13.1. The standard InChI is InChI=1S/C13H9BrFNO2S/c14-11-2-1-9(15)5-8(11)7-19-10-3-4-16-12(6-10)13(17)18/h1-6H,7H2,(H,17,18). The average Bonchev–Trinajstić information content (AvgIpc) is 2.40. The first-order valence-electron chi connectivity index (χ1n) is 5.32. The molecule has 0 radical (unpaired) electrons. The number of aromatic nitrogens is 1. The lowest BCUT2D eigenvalue weighted by Gasteiger charge is -2.05. The van der Waals surface area contributed by atoms with Gasteiger partial charge in [0.1, 0.15) is 11.5 Å². The minimum Gasteiger partial charge on any atom is -0.477 e. The molecule has 0 aliphatic carbocycles. The zero-order valence-corrected chi connectivity index (χ0v) is 12.0. The van der Waals surface area contributed by atoms with Crippen LogP contribution in [0.3, 0.4) is 0 Å². The minimum atomic E-state index is -1.06. The van der Waals surface area contributed by atoms with Gasteiger partial charge >= 0.3 is 5.97 Å². The van der Waals surface area contributed by atoms with Gasteiger partial charge in [0, 0.05) is 21.3 Å². The molecule has 1 N–H and O–H groups in total. The molecule has 0 fully saturated rings. The second kappa shape index (κ2) is 6.16. The van der Waals surface area contributed by atoms with Crippen LogP contribution in [-0.2, 0) is 5.75 Å². The SMILES string of the molecule is O=C(O)c1cc(SCc2cc(F)ccc2Br)ccn1. The van der Waals surface area contributed by atoms with Crippen molar-refractivity contribution in [1.29, 1.82) is 0 Å². The summed E-state index contributed by atoms with van der Waals surface area (Å²) < 4.78 is 14.0. The van der Waals surface area contributed by atoms with E-state index in [0.29, 0.717) is 5.75 Å². The van der Waals surface area contributed by atoms with Crippen molar-refractivity contribution in [1.82, 2.24) is 4.98 Å². The van der Waals surface area contributed by atoms with Crippen molar-refractivity contribution < 1.29 is 14.3 Å². The van der Waals surface area contributed by atoms with Gasteiger partial charge in [-0.3, -0.25) is 0 Å². The maximum Gasteiger partial charge on any atom is 0.354 e. The zero-order chi connectivity index (χ0) is 13.8. The minimum absolute atomic E-state index is 0.00306. The number of pyridine rings is 1. The number of thioether (sulfide) groups is 1. The van der Waals surface area contributed by atoms with Gasteiger partial charge in [-0.15, -0.1) is 11.8 Å². The van der Waals surface area contributed by atoms with Crippen molar-refractivity contribution >= 4 is 33.7 Å². The second-order valence-electron chi connectivity index (χ2n) is 3.71. The van der Waals surface area contributed by atoms with E-state index in [1.807, 2.05) is 0 Å². The second-order valence-corrected chi connectivity index (χ2v) is 5.61. The highest BCUT2D eigenvalue weighted by atomic mass is 79.9. The van der Waals surface area contributed by atoms with E-state index in [1.54, 1.807) is 12.1 Å². The summed E-state index contributed by atoms with van der Waals surface area (Å²) in [5.74, 6) is -0.810. The predicted molar refractivity (Wildman–Crippen MR) is 74.9 cm³/mol. The van der Waals surface area contributed by atoms with Gasteiger partial charge < -0.3 is 5.11 Å². The van der Waals surface area contributed by atoms with Crippen LogP contribution in [0.1, 0.15) is 16.1 Å². The monoisotopic (exact) mass is 341 g/mol. The molecule has 0 atom stereocenters. The Morgan fingerprint density at radius 3 is 2.89 bits per heavy atom. The van der Waals surface area contributed by atoms with E-state index in [2.05, 4.69) is 20.9 Å². The molecular formula is C13H9BrFNO2S. The van der Waals surface area contributed by atoms with E-state index in [1.165, 1.54) is 36.2 Å². The lowest BCUT2D eigenvalue weighted by Crippen LogP contribution is -1.99. The molecule has 6 heteroatoms. The quantitative estimate of drug-likeness (QED) is 0.854. The summed E-state index contributed by atoms with van der Waals surface area (Å²) >= 11 is 4.78. The molecule has 0 aliphatic rings. The van der Waals surface area contributed by atoms with Crippen molar-refractivity contribution in [3.05, 3.63) is 58.1 Å². The average molecular weight is 342 g/mol. The first-order valence-corrected chi connectivity index (χ1v) is 7.10. The molecule has 0 bridgehead atoms. The lowest BCUT2D eigenvalue weighted by atomic mass is 10.2. The van der Waals surface area contributed by atoms with Crippen LogP contribution in [0.4, 0.5) is 4.39 Å². The molecule has 1 aromatic heterocycles. The number of carboxylic acid groups (broad SMARTS) is 1. The lowest BCUT2D eigenvalue weighted by molar-refractivity contribution is 0.0690. The maximum atomic E-state index is 13.1. The Kier molecular flexibility index (Phi) is 4.55. The molecule has 3 nitrogen and oxygen atoms in total. The van der Waals surface area contributed by atoms with Crippen LogP contribution >= 0.6 is 27.7 Å². The number of aromatic carboxylic acids is 1. The number of nitrogens with zero attached hydrogens (tertiary/aromatic N) is 1. The third-order valence-corrected chi connectivity index (χ3v) is 4.17. The van der Waals surface area contributed by atoms with Crippen molar-refractivity contribution in [2.45, 2.75) is 10.6 Å². The Morgan fingerprint density at radius 2 is 2.16 bits per heavy atom. The van der Waals surface area contributed by atoms with E-state index in [4.69, 9.17) is 5.11 Å². The van der Waals surface area contributed by atoms with Crippen LogP contribution in [0.15, 0.2) is 45.9 Å². The van der Waals surface area contributed by atoms with Gasteiger partial charge in [0.25, 0.3) is 0 Å². The van der Waals surface area contributed by atoms with Gasteiger partial charge in [-0.1, -0.05) is 15.9 Å². The van der Waals surface area contributed by atoms with Crippen LogP contribution in [0.25, 0.3) is 0 Å². The van der Waals surface area contributed by atoms with Crippen molar-refractivity contribution in [3.8, 4) is 0 Å². The first kappa shape index (κ1) is 14.0. The van der Waals surface area contributed by atoms with Crippen LogP contribution in [-0.4, -0.2) is 16.1 Å². The fraction of sp³-hybridized carbons (Fsp3) is 0.0769. The van der Waals surface area contributed by atoms with Crippen LogP contribution < -0.4 is 0 Å². The van der Waals surface area contributed by atoms with Crippen molar-refractivity contribution in [2.75, 3.05) is 0 Å². The number of hydrogen-bond acceptors (Lipinski definition) is 3. The molecule has 0 aliphatic heterocycles. The van der Waals surface area contributed by atoms with Gasteiger partial charge in [0.05, 0.1) is 0 Å². The fourth-order valence-electron chi connectivity index (χ4n) is 1.43. The topological polar surface area (TPSA) is 50.2 Å². The van der Waals surface area contributed by atoms with E-state index in [0.717, 1.165) is 14.9 Å². The first-order chi connectivity index (χ1) is 9.06. The number of benzene rings is 1. The van der Waals surface area contributed by atoms with Crippen LogP contribution in [0.5, 0.6) is 0 Å². The molecule has 1 heterocycles. The molecule has 0 unspecified atom stereocenters. The number of hydrogen-bond donors (Lipinski definition) is 1. The van der Waals surface area contributed by atoms with Gasteiger partial charge in [0.15, 0.2) is 0 Å². The van der Waals surface area contributed by atoms with Gasteiger partial charge in [-0.2, -0.15) is 0 Å². The zero-order valence-electron chi connectivity index (χ0n) is 9.64. The Morgan fingerprint density at radius 1 is 1.37 bits per heavy atom. The third-order valence-electron chi connectivity index (χ3n) is 2.35. The number of carboxylic acids is 1. The molecule has 19 heavy (non-hydrogen) atoms. The summed E-state index contributed by atoms with van der Waals surface area (Å²) in [6.07, 6.45) is 1.45. The Hall–Kier alpha value is -1.40. The molecule has 2 rings (SSSR count). The number of rotatable bonds is 4. The van der Waals surface area contributed by atoms with Crippen molar-refractivity contribution in [3.63, 3.8) is 0 Å². The summed E-state index contributed by atoms with van der Waals surface area (Å²) in [4.78, 5) is 15.3. The summed E-state index contributed by atoms with van der Waals surface area (Å²) in [5, 5.41) is 8.85. The Labute approximate surface area is 122 Å². The molecular weight excluding hydrogens is 333 g/mol. The predicted octanol–water partition coefficient (Wildman–Crippen LogP) is 3.97. The largest absolute Gasteiger partial charge is 0.477 e. The molecule has 1 aromatic carbocycles. The van der Waals surface area contributed by atoms with Crippen LogP contribution in [0.2, 0.25) is 0 Å². The summed E-state index contributed by atoms with van der Waals surface area (Å²) in [7, 11) is 0. The number of halogens is 2. The van der Waals surface area contributed by atoms with E-state index in [9.17, 15) is 9.18 Å². The summed E-state index contributed by atoms with van der Waals surface area (Å²) in [6.45, 7) is 0. The Bertz CT molecular complexity index is 621. The molecule has 0 spiro atoms. The molecule has 98 valence electrons. The molecule has 0 amide bonds. The molecule has 0 saturated carbocycles. The van der Waals surface area contributed by atoms with E-state index >= 15 is 0 Å². The van der Waals surface area contributed by atoms with Gasteiger partial charge in [0.2, 0.25) is 0 Å². The highest BCUT2D eigenvalue weighted by Crippen LogP contribution is 2.27. The molecule has 0 saturated heterocycles. The Balaban J connectivity index is 2.12. The van der Waals surface area contributed by atoms with E-state index in [-0.39, 0.29) is 11.5 Å². The fourth-order valence-corrected chi connectivity index (χ4v) is 2.92. The summed E-state index contributed by atoms with van der Waals surface area (Å²) in [5.41, 5.74) is 0.821. The molecule has 2 aromatic rings. The van der Waals surface area contributed by atoms with Gasteiger partial charge in [-0.05, 0) is 35.9 Å².